The number of likely N-dealkylation sites (N-methyl/N-ethyl adjacent to an activating group) is 1. The van der Waals surface area contributed by atoms with Gasteiger partial charge >= 0.3 is 0 Å². The van der Waals surface area contributed by atoms with Gasteiger partial charge in [-0.3, -0.25) is 9.59 Å². The SMILES string of the molecule is CCN1CC2(CCN(CCc3ccc(C(=O)N(C)C)cc3)CC2)OC2(CC2)C1=O. The average Bonchev–Trinajstić information content (AvgIpc) is 3.50. The number of carbonyl (C=O) groups excluding carboxylic acids is 2. The third-order valence-corrected chi connectivity index (χ3v) is 6.74. The Hall–Kier alpha value is -1.92. The van der Waals surface area contributed by atoms with Crippen LogP contribution in [0.5, 0.6) is 0 Å². The zero-order valence-corrected chi connectivity index (χ0v) is 17.9. The maximum absolute atomic E-state index is 12.6. The predicted octanol–water partition coefficient (Wildman–Crippen LogP) is 2.18. The number of ether oxygens (including phenoxy) is 1. The van der Waals surface area contributed by atoms with E-state index in [1.165, 1.54) is 5.56 Å². The van der Waals surface area contributed by atoms with E-state index in [1.54, 1.807) is 19.0 Å². The molecule has 6 nitrogen and oxygen atoms in total. The zero-order chi connectivity index (χ0) is 20.6. The van der Waals surface area contributed by atoms with Gasteiger partial charge in [0.2, 0.25) is 0 Å². The Labute approximate surface area is 173 Å². The molecule has 2 heterocycles. The normalized spacial score (nSPS) is 22.9. The van der Waals surface area contributed by atoms with Crippen LogP contribution < -0.4 is 0 Å². The van der Waals surface area contributed by atoms with Crippen molar-refractivity contribution in [2.24, 2.45) is 0 Å². The first-order valence-electron chi connectivity index (χ1n) is 10.9. The lowest BCUT2D eigenvalue weighted by Gasteiger charge is -2.50. The zero-order valence-electron chi connectivity index (χ0n) is 17.9. The minimum absolute atomic E-state index is 0.0402. The van der Waals surface area contributed by atoms with Gasteiger partial charge in [0, 0.05) is 52.4 Å². The summed E-state index contributed by atoms with van der Waals surface area (Å²) in [6.07, 6.45) is 4.75. The van der Waals surface area contributed by atoms with Gasteiger partial charge in [-0.1, -0.05) is 12.1 Å². The number of piperidine rings is 1. The fraction of sp³-hybridized carbons (Fsp3) is 0.652. The number of nitrogens with zero attached hydrogens (tertiary/aromatic N) is 3. The number of hydrogen-bond acceptors (Lipinski definition) is 4. The maximum atomic E-state index is 12.6. The summed E-state index contributed by atoms with van der Waals surface area (Å²) in [6, 6.07) is 7.97. The fourth-order valence-electron chi connectivity index (χ4n) is 4.69. The van der Waals surface area contributed by atoms with Gasteiger partial charge in [-0.25, -0.2) is 0 Å². The maximum Gasteiger partial charge on any atom is 0.254 e. The molecule has 0 unspecified atom stereocenters. The first-order chi connectivity index (χ1) is 13.9. The van der Waals surface area contributed by atoms with Gasteiger partial charge in [0.15, 0.2) is 0 Å². The number of morpholine rings is 1. The second-order valence-corrected chi connectivity index (χ2v) is 9.09. The summed E-state index contributed by atoms with van der Waals surface area (Å²) < 4.78 is 6.47. The highest BCUT2D eigenvalue weighted by atomic mass is 16.5. The molecule has 3 aliphatic rings. The quantitative estimate of drug-likeness (QED) is 0.762. The van der Waals surface area contributed by atoms with Gasteiger partial charge < -0.3 is 19.4 Å². The molecule has 29 heavy (non-hydrogen) atoms. The molecule has 0 N–H and O–H groups in total. The Morgan fingerprint density at radius 3 is 2.31 bits per heavy atom. The van der Waals surface area contributed by atoms with E-state index in [9.17, 15) is 9.59 Å². The summed E-state index contributed by atoms with van der Waals surface area (Å²) >= 11 is 0. The number of rotatable bonds is 5. The standard InChI is InChI=1S/C23H33N3O3/c1-4-26-17-22(29-23(10-11-23)21(26)28)12-15-25(16-13-22)14-9-18-5-7-19(8-6-18)20(27)24(2)3/h5-8H,4,9-17H2,1-3H3. The van der Waals surface area contributed by atoms with E-state index in [0.29, 0.717) is 0 Å². The minimum atomic E-state index is -0.484. The minimum Gasteiger partial charge on any atom is -0.357 e. The van der Waals surface area contributed by atoms with Crippen LogP contribution >= 0.6 is 0 Å². The Bertz CT molecular complexity index is 762. The number of amides is 2. The lowest BCUT2D eigenvalue weighted by Crippen LogP contribution is -2.62. The molecule has 0 radical (unpaired) electrons. The molecular weight excluding hydrogens is 366 g/mol. The molecule has 158 valence electrons. The van der Waals surface area contributed by atoms with Crippen LogP contribution in [-0.2, 0) is 16.0 Å². The molecule has 1 aliphatic carbocycles. The molecule has 0 bridgehead atoms. The molecule has 2 aliphatic heterocycles. The molecule has 1 aromatic rings. The Morgan fingerprint density at radius 2 is 1.76 bits per heavy atom. The highest BCUT2D eigenvalue weighted by Crippen LogP contribution is 2.49. The van der Waals surface area contributed by atoms with Crippen LogP contribution in [-0.4, -0.2) is 84.5 Å². The molecule has 3 fully saturated rings. The van der Waals surface area contributed by atoms with Crippen molar-refractivity contribution < 1.29 is 14.3 Å². The van der Waals surface area contributed by atoms with Crippen LogP contribution in [0.3, 0.4) is 0 Å². The third kappa shape index (κ3) is 4.05. The largest absolute Gasteiger partial charge is 0.357 e. The van der Waals surface area contributed by atoms with E-state index in [1.807, 2.05) is 17.0 Å². The molecule has 4 rings (SSSR count). The van der Waals surface area contributed by atoms with Gasteiger partial charge in [0.25, 0.3) is 11.8 Å². The molecule has 2 spiro atoms. The van der Waals surface area contributed by atoms with Crippen molar-refractivity contribution in [2.45, 2.75) is 50.2 Å². The van der Waals surface area contributed by atoms with Crippen molar-refractivity contribution in [1.82, 2.24) is 14.7 Å². The highest BCUT2D eigenvalue weighted by molar-refractivity contribution is 5.93. The molecule has 6 heteroatoms. The second kappa shape index (κ2) is 7.73. The van der Waals surface area contributed by atoms with Gasteiger partial charge in [0.1, 0.15) is 5.60 Å². The first kappa shape index (κ1) is 20.4. The fourth-order valence-corrected chi connectivity index (χ4v) is 4.69. The van der Waals surface area contributed by atoms with Crippen LogP contribution in [0.2, 0.25) is 0 Å². The molecule has 0 atom stereocenters. The summed E-state index contributed by atoms with van der Waals surface area (Å²) in [4.78, 5) is 30.7. The molecule has 0 aromatic heterocycles. The van der Waals surface area contributed by atoms with E-state index in [-0.39, 0.29) is 17.4 Å². The summed E-state index contributed by atoms with van der Waals surface area (Å²) in [5.41, 5.74) is 1.36. The Kier molecular flexibility index (Phi) is 5.42. The number of carbonyl (C=O) groups is 2. The van der Waals surface area contributed by atoms with Crippen molar-refractivity contribution in [3.05, 3.63) is 35.4 Å². The van der Waals surface area contributed by atoms with E-state index >= 15 is 0 Å². The molecule has 1 aromatic carbocycles. The van der Waals surface area contributed by atoms with E-state index in [2.05, 4.69) is 24.0 Å². The van der Waals surface area contributed by atoms with Crippen molar-refractivity contribution in [3.8, 4) is 0 Å². The monoisotopic (exact) mass is 399 g/mol. The molecular formula is C23H33N3O3. The van der Waals surface area contributed by atoms with E-state index in [4.69, 9.17) is 4.74 Å². The van der Waals surface area contributed by atoms with Crippen LogP contribution in [0.4, 0.5) is 0 Å². The van der Waals surface area contributed by atoms with Crippen LogP contribution in [0.25, 0.3) is 0 Å². The summed E-state index contributed by atoms with van der Waals surface area (Å²) in [7, 11) is 3.55. The lowest BCUT2D eigenvalue weighted by atomic mass is 9.87. The van der Waals surface area contributed by atoms with Crippen molar-refractivity contribution in [2.75, 3.05) is 46.8 Å². The average molecular weight is 400 g/mol. The molecule has 2 amide bonds. The Balaban J connectivity index is 1.29. The van der Waals surface area contributed by atoms with Crippen molar-refractivity contribution >= 4 is 11.8 Å². The Morgan fingerprint density at radius 1 is 1.10 bits per heavy atom. The van der Waals surface area contributed by atoms with Gasteiger partial charge in [-0.15, -0.1) is 0 Å². The number of benzene rings is 1. The van der Waals surface area contributed by atoms with Crippen molar-refractivity contribution in [3.63, 3.8) is 0 Å². The smallest absolute Gasteiger partial charge is 0.254 e. The highest BCUT2D eigenvalue weighted by Gasteiger charge is 2.61. The van der Waals surface area contributed by atoms with E-state index in [0.717, 1.165) is 70.4 Å². The lowest BCUT2D eigenvalue weighted by molar-refractivity contribution is -0.200. The third-order valence-electron chi connectivity index (χ3n) is 6.74. The molecule has 2 saturated heterocycles. The van der Waals surface area contributed by atoms with Crippen molar-refractivity contribution in [1.29, 1.82) is 0 Å². The number of likely N-dealkylation sites (tertiary alicyclic amines) is 1. The number of hydrogen-bond donors (Lipinski definition) is 0. The van der Waals surface area contributed by atoms with Gasteiger partial charge in [-0.05, 0) is 56.7 Å². The topological polar surface area (TPSA) is 53.1 Å². The van der Waals surface area contributed by atoms with Gasteiger partial charge in [0.05, 0.1) is 5.60 Å². The van der Waals surface area contributed by atoms with Crippen LogP contribution in [0, 0.1) is 0 Å². The van der Waals surface area contributed by atoms with Gasteiger partial charge in [-0.2, -0.15) is 0 Å². The van der Waals surface area contributed by atoms with E-state index < -0.39 is 5.60 Å². The van der Waals surface area contributed by atoms with Crippen LogP contribution in [0.15, 0.2) is 24.3 Å². The predicted molar refractivity (Wildman–Crippen MR) is 112 cm³/mol. The summed E-state index contributed by atoms with van der Waals surface area (Å²) in [5.74, 6) is 0.252. The first-order valence-corrected chi connectivity index (χ1v) is 10.9. The summed E-state index contributed by atoms with van der Waals surface area (Å²) in [6.45, 7) is 6.64. The second-order valence-electron chi connectivity index (χ2n) is 9.09. The summed E-state index contributed by atoms with van der Waals surface area (Å²) in [5, 5.41) is 0. The molecule has 1 saturated carbocycles. The van der Waals surface area contributed by atoms with Crippen LogP contribution in [0.1, 0.15) is 48.5 Å².